The first kappa shape index (κ1) is 13.7. The highest BCUT2D eigenvalue weighted by Gasteiger charge is 2.09. The van der Waals surface area contributed by atoms with Crippen LogP contribution in [0, 0.1) is 6.92 Å². The maximum absolute atomic E-state index is 10.0. The third-order valence-electron chi connectivity index (χ3n) is 4.06. The van der Waals surface area contributed by atoms with E-state index < -0.39 is 0 Å². The van der Waals surface area contributed by atoms with Gasteiger partial charge in [-0.3, -0.25) is 4.98 Å². The Morgan fingerprint density at radius 3 is 2.70 bits per heavy atom. The van der Waals surface area contributed by atoms with E-state index in [1.165, 1.54) is 0 Å². The number of para-hydroxylation sites is 2. The number of fused-ring (bicyclic) bond motifs is 2. The van der Waals surface area contributed by atoms with Crippen molar-refractivity contribution in [1.29, 1.82) is 0 Å². The number of phenolic OH excluding ortho intramolecular Hbond substituents is 1. The van der Waals surface area contributed by atoms with Crippen molar-refractivity contribution < 1.29 is 5.11 Å². The number of nitrogens with zero attached hydrogens (tertiary/aromatic N) is 2. The zero-order valence-corrected chi connectivity index (χ0v) is 12.8. The monoisotopic (exact) mass is 300 g/mol. The molecule has 0 spiro atoms. The second-order valence-electron chi connectivity index (χ2n) is 5.77. The molecule has 0 aliphatic rings. The van der Waals surface area contributed by atoms with E-state index in [0.29, 0.717) is 11.9 Å². The zero-order valence-electron chi connectivity index (χ0n) is 12.8. The number of hydrogen-bond acceptors (Lipinski definition) is 3. The van der Waals surface area contributed by atoms with Crippen molar-refractivity contribution in [1.82, 2.24) is 9.97 Å². The molecular weight excluding hydrogens is 284 g/mol. The molecule has 0 aliphatic heterocycles. The van der Waals surface area contributed by atoms with Crippen LogP contribution in [-0.2, 0) is 6.42 Å². The van der Waals surface area contributed by atoms with Gasteiger partial charge >= 0.3 is 0 Å². The number of pyridine rings is 2. The summed E-state index contributed by atoms with van der Waals surface area (Å²) in [5, 5.41) is 12.2. The molecule has 0 radical (unpaired) electrons. The second-order valence-corrected chi connectivity index (χ2v) is 5.77. The Bertz CT molecular complexity index is 1020. The summed E-state index contributed by atoms with van der Waals surface area (Å²) in [6, 6.07) is 19.9. The lowest BCUT2D eigenvalue weighted by Gasteiger charge is -2.09. The normalized spacial score (nSPS) is 11.2. The van der Waals surface area contributed by atoms with Crippen molar-refractivity contribution >= 4 is 21.8 Å². The van der Waals surface area contributed by atoms with Crippen molar-refractivity contribution in [3.63, 3.8) is 0 Å². The van der Waals surface area contributed by atoms with Crippen molar-refractivity contribution in [2.75, 3.05) is 0 Å². The van der Waals surface area contributed by atoms with E-state index in [-0.39, 0.29) is 5.75 Å². The van der Waals surface area contributed by atoms with Crippen LogP contribution in [0.25, 0.3) is 21.8 Å². The van der Waals surface area contributed by atoms with E-state index in [4.69, 9.17) is 4.98 Å². The van der Waals surface area contributed by atoms with Gasteiger partial charge in [0.25, 0.3) is 0 Å². The lowest BCUT2D eigenvalue weighted by molar-refractivity contribution is 0.480. The Labute approximate surface area is 134 Å². The first-order chi connectivity index (χ1) is 11.2. The number of phenols is 1. The van der Waals surface area contributed by atoms with E-state index in [1.54, 1.807) is 6.07 Å². The van der Waals surface area contributed by atoms with Gasteiger partial charge in [0.15, 0.2) is 0 Å². The molecule has 2 aromatic heterocycles. The summed E-state index contributed by atoms with van der Waals surface area (Å²) in [5.74, 6) is 0.221. The van der Waals surface area contributed by atoms with Gasteiger partial charge in [0.05, 0.1) is 5.52 Å². The fraction of sp³-hybridized carbons (Fsp3) is 0.100. The van der Waals surface area contributed by atoms with Crippen LogP contribution >= 0.6 is 0 Å². The summed E-state index contributed by atoms with van der Waals surface area (Å²) < 4.78 is 0. The predicted molar refractivity (Wildman–Crippen MR) is 92.7 cm³/mol. The third-order valence-corrected chi connectivity index (χ3v) is 4.06. The zero-order chi connectivity index (χ0) is 15.8. The summed E-state index contributed by atoms with van der Waals surface area (Å²) in [7, 11) is 0. The summed E-state index contributed by atoms with van der Waals surface area (Å²) in [6.45, 7) is 1.95. The summed E-state index contributed by atoms with van der Waals surface area (Å²) >= 11 is 0. The molecule has 3 heteroatoms. The molecule has 0 unspecified atom stereocenters. The average Bonchev–Trinajstić information content (AvgIpc) is 2.56. The third kappa shape index (κ3) is 2.50. The maximum Gasteiger partial charge on any atom is 0.141 e. The SMILES string of the molecule is Cc1cc(Cc2ccc3ccccc3n2)c2cccc(O)c2n1. The molecule has 1 N–H and O–H groups in total. The first-order valence-electron chi connectivity index (χ1n) is 7.63. The molecule has 0 amide bonds. The second kappa shape index (κ2) is 5.36. The largest absolute Gasteiger partial charge is 0.506 e. The highest BCUT2D eigenvalue weighted by molar-refractivity contribution is 5.87. The van der Waals surface area contributed by atoms with Gasteiger partial charge in [0.1, 0.15) is 11.3 Å². The first-order valence-corrected chi connectivity index (χ1v) is 7.63. The summed E-state index contributed by atoms with van der Waals surface area (Å²) in [5.41, 5.74) is 4.70. The van der Waals surface area contributed by atoms with Gasteiger partial charge in [0.2, 0.25) is 0 Å². The quantitative estimate of drug-likeness (QED) is 0.597. The van der Waals surface area contributed by atoms with Crippen molar-refractivity contribution in [2.24, 2.45) is 0 Å². The van der Waals surface area contributed by atoms with Crippen LogP contribution in [0.2, 0.25) is 0 Å². The van der Waals surface area contributed by atoms with Crippen LogP contribution in [0.3, 0.4) is 0 Å². The molecule has 112 valence electrons. The molecule has 4 aromatic rings. The van der Waals surface area contributed by atoms with Crippen LogP contribution in [0.4, 0.5) is 0 Å². The van der Waals surface area contributed by atoms with Crippen molar-refractivity contribution in [3.05, 3.63) is 77.6 Å². The Hall–Kier alpha value is -2.94. The predicted octanol–water partition coefficient (Wildman–Crippen LogP) is 4.39. The standard InChI is InChI=1S/C20H16N2O/c1-13-11-15(17-6-4-8-19(23)20(17)21-13)12-16-10-9-14-5-2-3-7-18(14)22-16/h2-11,23H,12H2,1H3. The average molecular weight is 300 g/mol. The van der Waals surface area contributed by atoms with Gasteiger partial charge in [-0.2, -0.15) is 0 Å². The van der Waals surface area contributed by atoms with Gasteiger partial charge in [-0.25, -0.2) is 4.98 Å². The number of hydrogen-bond donors (Lipinski definition) is 1. The lowest BCUT2D eigenvalue weighted by Crippen LogP contribution is -1.96. The minimum Gasteiger partial charge on any atom is -0.506 e. The van der Waals surface area contributed by atoms with Crippen molar-refractivity contribution in [2.45, 2.75) is 13.3 Å². The van der Waals surface area contributed by atoms with Crippen molar-refractivity contribution in [3.8, 4) is 5.75 Å². The highest BCUT2D eigenvalue weighted by Crippen LogP contribution is 2.27. The molecule has 23 heavy (non-hydrogen) atoms. The topological polar surface area (TPSA) is 46.0 Å². The van der Waals surface area contributed by atoms with Gasteiger partial charge in [0, 0.05) is 28.6 Å². The van der Waals surface area contributed by atoms with Crippen LogP contribution < -0.4 is 0 Å². The molecule has 0 saturated carbocycles. The summed E-state index contributed by atoms with van der Waals surface area (Å²) in [4.78, 5) is 9.20. The maximum atomic E-state index is 10.0. The summed E-state index contributed by atoms with van der Waals surface area (Å²) in [6.07, 6.45) is 0.716. The Morgan fingerprint density at radius 1 is 0.913 bits per heavy atom. The molecule has 2 heterocycles. The molecular formula is C20H16N2O. The Balaban J connectivity index is 1.84. The lowest BCUT2D eigenvalue weighted by atomic mass is 10.0. The molecule has 0 fully saturated rings. The number of aromatic hydroxyl groups is 1. The fourth-order valence-corrected chi connectivity index (χ4v) is 2.99. The smallest absolute Gasteiger partial charge is 0.141 e. The molecule has 0 atom stereocenters. The van der Waals surface area contributed by atoms with Gasteiger partial charge < -0.3 is 5.11 Å². The van der Waals surface area contributed by atoms with E-state index in [9.17, 15) is 5.11 Å². The van der Waals surface area contributed by atoms with Crippen LogP contribution in [-0.4, -0.2) is 15.1 Å². The van der Waals surface area contributed by atoms with Crippen LogP contribution in [0.5, 0.6) is 5.75 Å². The number of aromatic nitrogens is 2. The molecule has 0 aliphatic carbocycles. The number of benzene rings is 2. The minimum absolute atomic E-state index is 0.221. The fourth-order valence-electron chi connectivity index (χ4n) is 2.99. The van der Waals surface area contributed by atoms with Gasteiger partial charge in [-0.05, 0) is 36.8 Å². The van der Waals surface area contributed by atoms with Crippen LogP contribution in [0.1, 0.15) is 17.0 Å². The van der Waals surface area contributed by atoms with Crippen LogP contribution in [0.15, 0.2) is 60.7 Å². The highest BCUT2D eigenvalue weighted by atomic mass is 16.3. The molecule has 2 aromatic carbocycles. The minimum atomic E-state index is 0.221. The number of aryl methyl sites for hydroxylation is 1. The van der Waals surface area contributed by atoms with E-state index in [1.807, 2.05) is 37.3 Å². The van der Waals surface area contributed by atoms with E-state index in [0.717, 1.165) is 33.2 Å². The van der Waals surface area contributed by atoms with E-state index in [2.05, 4.69) is 29.2 Å². The molecule has 0 saturated heterocycles. The van der Waals surface area contributed by atoms with Gasteiger partial charge in [-0.1, -0.05) is 36.4 Å². The Kier molecular flexibility index (Phi) is 3.19. The Morgan fingerprint density at radius 2 is 1.78 bits per heavy atom. The number of rotatable bonds is 2. The molecule has 0 bridgehead atoms. The molecule has 3 nitrogen and oxygen atoms in total. The molecule has 4 rings (SSSR count). The van der Waals surface area contributed by atoms with Gasteiger partial charge in [-0.15, -0.1) is 0 Å². The van der Waals surface area contributed by atoms with E-state index >= 15 is 0 Å².